The number of hydrogen-bond donors (Lipinski definition) is 2. The molecule has 0 heterocycles. The maximum absolute atomic E-state index is 9.88. The number of benzene rings is 1. The second-order valence-electron chi connectivity index (χ2n) is 8.45. The predicted octanol–water partition coefficient (Wildman–Crippen LogP) is 4.06. The van der Waals surface area contributed by atoms with Crippen LogP contribution in [0.25, 0.3) is 0 Å². The summed E-state index contributed by atoms with van der Waals surface area (Å²) in [5.74, 6) is 0.919. The van der Waals surface area contributed by atoms with Crippen LogP contribution in [-0.2, 0) is 13.0 Å². The molecule has 0 aromatic heterocycles. The van der Waals surface area contributed by atoms with Gasteiger partial charge in [0, 0.05) is 12.1 Å². The lowest BCUT2D eigenvalue weighted by Gasteiger charge is -2.30. The lowest BCUT2D eigenvalue weighted by Crippen LogP contribution is -2.46. The number of aliphatic hydroxyl groups is 1. The van der Waals surface area contributed by atoms with Crippen LogP contribution in [0.2, 0.25) is 0 Å². The van der Waals surface area contributed by atoms with Gasteiger partial charge in [0.05, 0.1) is 6.61 Å². The first-order valence-corrected chi connectivity index (χ1v) is 8.94. The van der Waals surface area contributed by atoms with Gasteiger partial charge in [-0.2, -0.15) is 0 Å². The Morgan fingerprint density at radius 1 is 1.18 bits per heavy atom. The molecule has 122 valence electrons. The van der Waals surface area contributed by atoms with E-state index < -0.39 is 0 Å². The lowest BCUT2D eigenvalue weighted by molar-refractivity contribution is 0.151. The highest BCUT2D eigenvalue weighted by molar-refractivity contribution is 5.24. The SMILES string of the molecule is CC1(C)CCC(CO)(NCc2cccc(CC3CCC3)c2)C1. The normalized spacial score (nSPS) is 27.8. The van der Waals surface area contributed by atoms with Crippen molar-refractivity contribution in [2.24, 2.45) is 11.3 Å². The summed E-state index contributed by atoms with van der Waals surface area (Å²) in [5.41, 5.74) is 3.11. The lowest BCUT2D eigenvalue weighted by atomic mass is 9.81. The van der Waals surface area contributed by atoms with Crippen molar-refractivity contribution in [1.82, 2.24) is 5.32 Å². The van der Waals surface area contributed by atoms with Crippen LogP contribution in [-0.4, -0.2) is 17.3 Å². The number of hydrogen-bond acceptors (Lipinski definition) is 2. The molecule has 2 nitrogen and oxygen atoms in total. The van der Waals surface area contributed by atoms with Gasteiger partial charge in [-0.1, -0.05) is 57.4 Å². The van der Waals surface area contributed by atoms with E-state index in [1.54, 1.807) is 0 Å². The van der Waals surface area contributed by atoms with Gasteiger partial charge in [0.1, 0.15) is 0 Å². The first-order chi connectivity index (χ1) is 10.5. The Kier molecular flexibility index (Phi) is 4.61. The summed E-state index contributed by atoms with van der Waals surface area (Å²) >= 11 is 0. The molecule has 0 amide bonds. The molecule has 2 aliphatic rings. The molecule has 1 aromatic carbocycles. The molecule has 0 bridgehead atoms. The molecule has 0 aliphatic heterocycles. The molecule has 1 aromatic rings. The first kappa shape index (κ1) is 16.0. The van der Waals surface area contributed by atoms with Crippen molar-refractivity contribution >= 4 is 0 Å². The molecule has 2 heteroatoms. The molecule has 2 N–H and O–H groups in total. The second kappa shape index (κ2) is 6.33. The molecule has 2 aliphatic carbocycles. The Hall–Kier alpha value is -0.860. The van der Waals surface area contributed by atoms with E-state index >= 15 is 0 Å². The van der Waals surface area contributed by atoms with Crippen LogP contribution >= 0.6 is 0 Å². The maximum Gasteiger partial charge on any atom is 0.0613 e. The smallest absolute Gasteiger partial charge is 0.0613 e. The average Bonchev–Trinajstić information content (AvgIpc) is 2.78. The Morgan fingerprint density at radius 2 is 1.95 bits per heavy atom. The molecule has 0 saturated heterocycles. The number of rotatable bonds is 6. The summed E-state index contributed by atoms with van der Waals surface area (Å²) in [7, 11) is 0. The van der Waals surface area contributed by atoms with Crippen molar-refractivity contribution in [3.63, 3.8) is 0 Å². The van der Waals surface area contributed by atoms with E-state index in [9.17, 15) is 5.11 Å². The minimum Gasteiger partial charge on any atom is -0.394 e. The van der Waals surface area contributed by atoms with Crippen molar-refractivity contribution in [2.75, 3.05) is 6.61 Å². The summed E-state index contributed by atoms with van der Waals surface area (Å²) < 4.78 is 0. The zero-order valence-corrected chi connectivity index (χ0v) is 14.2. The Morgan fingerprint density at radius 3 is 2.55 bits per heavy atom. The fourth-order valence-corrected chi connectivity index (χ4v) is 4.20. The molecule has 1 unspecified atom stereocenters. The van der Waals surface area contributed by atoms with Crippen LogP contribution in [0.3, 0.4) is 0 Å². The van der Waals surface area contributed by atoms with Crippen LogP contribution < -0.4 is 5.32 Å². The number of nitrogens with one attached hydrogen (secondary N) is 1. The Labute approximate surface area is 135 Å². The van der Waals surface area contributed by atoms with Gasteiger partial charge in [0.15, 0.2) is 0 Å². The zero-order valence-electron chi connectivity index (χ0n) is 14.2. The van der Waals surface area contributed by atoms with Crippen molar-refractivity contribution < 1.29 is 5.11 Å². The standard InChI is InChI=1S/C20H31NO/c1-19(2)9-10-20(14-19,15-22)21-13-18-8-4-7-17(12-18)11-16-5-3-6-16/h4,7-8,12,16,21-22H,3,5-6,9-11,13-15H2,1-2H3. The third kappa shape index (κ3) is 3.72. The van der Waals surface area contributed by atoms with E-state index in [-0.39, 0.29) is 12.1 Å². The van der Waals surface area contributed by atoms with E-state index in [1.165, 1.54) is 43.2 Å². The van der Waals surface area contributed by atoms with Crippen molar-refractivity contribution in [2.45, 2.75) is 70.9 Å². The van der Waals surface area contributed by atoms with Crippen LogP contribution in [0.4, 0.5) is 0 Å². The van der Waals surface area contributed by atoms with E-state index in [0.717, 1.165) is 25.3 Å². The van der Waals surface area contributed by atoms with Gasteiger partial charge in [-0.3, -0.25) is 0 Å². The summed E-state index contributed by atoms with van der Waals surface area (Å²) in [5, 5.41) is 13.6. The van der Waals surface area contributed by atoms with Crippen molar-refractivity contribution in [3.05, 3.63) is 35.4 Å². The second-order valence-corrected chi connectivity index (χ2v) is 8.45. The monoisotopic (exact) mass is 301 g/mol. The van der Waals surface area contributed by atoms with Crippen LogP contribution in [0.5, 0.6) is 0 Å². The molecular formula is C20H31NO. The third-order valence-corrected chi connectivity index (χ3v) is 5.81. The van der Waals surface area contributed by atoms with E-state index in [0.29, 0.717) is 5.41 Å². The Bertz CT molecular complexity index is 506. The molecule has 0 spiro atoms. The minimum atomic E-state index is -0.0759. The van der Waals surface area contributed by atoms with Gasteiger partial charge in [-0.05, 0) is 48.1 Å². The fraction of sp³-hybridized carbons (Fsp3) is 0.700. The Balaban J connectivity index is 1.59. The molecule has 3 rings (SSSR count). The van der Waals surface area contributed by atoms with Gasteiger partial charge in [0.2, 0.25) is 0 Å². The molecule has 2 saturated carbocycles. The predicted molar refractivity (Wildman–Crippen MR) is 91.8 cm³/mol. The first-order valence-electron chi connectivity index (χ1n) is 8.94. The summed E-state index contributed by atoms with van der Waals surface area (Å²) in [6.45, 7) is 5.74. The van der Waals surface area contributed by atoms with Crippen LogP contribution in [0, 0.1) is 11.3 Å². The summed E-state index contributed by atoms with van der Waals surface area (Å²) in [6, 6.07) is 9.02. The molecule has 22 heavy (non-hydrogen) atoms. The summed E-state index contributed by atoms with van der Waals surface area (Å²) in [4.78, 5) is 0. The molecule has 0 radical (unpaired) electrons. The highest BCUT2D eigenvalue weighted by Crippen LogP contribution is 2.43. The summed E-state index contributed by atoms with van der Waals surface area (Å²) in [6.07, 6.45) is 8.82. The van der Waals surface area contributed by atoms with Gasteiger partial charge in [0.25, 0.3) is 0 Å². The topological polar surface area (TPSA) is 32.3 Å². The van der Waals surface area contributed by atoms with Gasteiger partial charge in [-0.15, -0.1) is 0 Å². The zero-order chi connectivity index (χ0) is 15.6. The van der Waals surface area contributed by atoms with E-state index in [4.69, 9.17) is 0 Å². The van der Waals surface area contributed by atoms with Crippen molar-refractivity contribution in [1.29, 1.82) is 0 Å². The highest BCUT2D eigenvalue weighted by atomic mass is 16.3. The van der Waals surface area contributed by atoms with Crippen LogP contribution in [0.1, 0.15) is 63.5 Å². The van der Waals surface area contributed by atoms with Gasteiger partial charge >= 0.3 is 0 Å². The third-order valence-electron chi connectivity index (χ3n) is 5.81. The number of aliphatic hydroxyl groups excluding tert-OH is 1. The van der Waals surface area contributed by atoms with E-state index in [1.807, 2.05) is 0 Å². The molecule has 1 atom stereocenters. The quantitative estimate of drug-likeness (QED) is 0.830. The average molecular weight is 301 g/mol. The fourth-order valence-electron chi connectivity index (χ4n) is 4.20. The largest absolute Gasteiger partial charge is 0.394 e. The van der Waals surface area contributed by atoms with Crippen LogP contribution in [0.15, 0.2) is 24.3 Å². The minimum absolute atomic E-state index is 0.0759. The van der Waals surface area contributed by atoms with Gasteiger partial charge < -0.3 is 10.4 Å². The molecular weight excluding hydrogens is 270 g/mol. The molecule has 2 fully saturated rings. The highest BCUT2D eigenvalue weighted by Gasteiger charge is 2.42. The van der Waals surface area contributed by atoms with E-state index in [2.05, 4.69) is 43.4 Å². The van der Waals surface area contributed by atoms with Gasteiger partial charge in [-0.25, -0.2) is 0 Å². The van der Waals surface area contributed by atoms with Crippen molar-refractivity contribution in [3.8, 4) is 0 Å². The maximum atomic E-state index is 9.88.